The first-order chi connectivity index (χ1) is 3.38. The first-order valence-electron chi connectivity index (χ1n) is 2.90. The Hall–Kier alpha value is -0.330. The lowest BCUT2D eigenvalue weighted by atomic mass is 10.2. The maximum absolute atomic E-state index is 10.6. The third-order valence-electron chi connectivity index (χ3n) is 2.10. The minimum atomic E-state index is 0.532. The van der Waals surface area contributed by atoms with Crippen LogP contribution in [0.1, 0.15) is 19.3 Å². The van der Waals surface area contributed by atoms with E-state index in [2.05, 4.69) is 0 Å². The van der Waals surface area contributed by atoms with Crippen molar-refractivity contribution in [2.45, 2.75) is 19.3 Å². The minimum absolute atomic E-state index is 0.532. The smallest absolute Gasteiger partial charge is 0.136 e. The fraction of sp³-hybridized carbons (Fsp3) is 0.833. The molecule has 0 saturated heterocycles. The van der Waals surface area contributed by atoms with Crippen LogP contribution < -0.4 is 0 Å². The van der Waals surface area contributed by atoms with Crippen LogP contribution in [0.5, 0.6) is 0 Å². The zero-order valence-electron chi connectivity index (χ0n) is 4.18. The molecule has 0 amide bonds. The van der Waals surface area contributed by atoms with E-state index in [9.17, 15) is 4.79 Å². The number of carbonyl (C=O) groups excluding carboxylic acids is 1. The van der Waals surface area contributed by atoms with Crippen LogP contribution in [0.4, 0.5) is 0 Å². The summed E-state index contributed by atoms with van der Waals surface area (Å²) in [6.45, 7) is 0. The van der Waals surface area contributed by atoms with Crippen molar-refractivity contribution in [2.24, 2.45) is 11.8 Å². The lowest BCUT2D eigenvalue weighted by Crippen LogP contribution is -1.91. The highest BCUT2D eigenvalue weighted by Gasteiger charge is 2.47. The Kier molecular flexibility index (Phi) is 0.473. The van der Waals surface area contributed by atoms with Crippen LogP contribution >= 0.6 is 0 Å². The van der Waals surface area contributed by atoms with Gasteiger partial charge in [0.05, 0.1) is 0 Å². The second-order valence-electron chi connectivity index (χ2n) is 2.61. The molecule has 2 aliphatic rings. The van der Waals surface area contributed by atoms with Gasteiger partial charge < -0.3 is 0 Å². The number of Topliss-reactive ketones (excluding diaryl/α,β-unsaturated/α-hetero) is 1. The highest BCUT2D eigenvalue weighted by molar-refractivity contribution is 5.86. The number of fused-ring (bicyclic) bond motifs is 1. The Morgan fingerprint density at radius 2 is 2.43 bits per heavy atom. The third-order valence-corrected chi connectivity index (χ3v) is 2.10. The molecular formula is C6H8O. The van der Waals surface area contributed by atoms with Crippen molar-refractivity contribution >= 4 is 5.78 Å². The van der Waals surface area contributed by atoms with Crippen LogP contribution in [0.25, 0.3) is 0 Å². The minimum Gasteiger partial charge on any atom is -0.299 e. The maximum Gasteiger partial charge on any atom is 0.136 e. The van der Waals surface area contributed by atoms with Crippen LogP contribution in [-0.2, 0) is 4.79 Å². The van der Waals surface area contributed by atoms with E-state index < -0.39 is 0 Å². The van der Waals surface area contributed by atoms with Crippen LogP contribution in [0.2, 0.25) is 0 Å². The van der Waals surface area contributed by atoms with Crippen molar-refractivity contribution in [1.29, 1.82) is 0 Å². The van der Waals surface area contributed by atoms with E-state index in [1.807, 2.05) is 0 Å². The summed E-state index contributed by atoms with van der Waals surface area (Å²) >= 11 is 0. The monoisotopic (exact) mass is 96.1 g/mol. The van der Waals surface area contributed by atoms with Gasteiger partial charge in [0, 0.05) is 12.3 Å². The van der Waals surface area contributed by atoms with Gasteiger partial charge in [0.1, 0.15) is 5.78 Å². The molecule has 0 spiro atoms. The van der Waals surface area contributed by atoms with E-state index in [1.165, 1.54) is 12.8 Å². The first-order valence-corrected chi connectivity index (χ1v) is 2.90. The number of hydrogen-bond donors (Lipinski definition) is 0. The predicted octanol–water partition coefficient (Wildman–Crippen LogP) is 0.985. The Morgan fingerprint density at radius 3 is 2.57 bits per heavy atom. The summed E-state index contributed by atoms with van der Waals surface area (Å²) in [7, 11) is 0. The highest BCUT2D eigenvalue weighted by atomic mass is 16.1. The van der Waals surface area contributed by atoms with Crippen molar-refractivity contribution < 1.29 is 4.79 Å². The molecular weight excluding hydrogens is 88.1 g/mol. The van der Waals surface area contributed by atoms with Crippen molar-refractivity contribution in [3.8, 4) is 0 Å². The summed E-state index contributed by atoms with van der Waals surface area (Å²) in [5, 5.41) is 0. The van der Waals surface area contributed by atoms with Gasteiger partial charge in [-0.1, -0.05) is 0 Å². The summed E-state index contributed by atoms with van der Waals surface area (Å²) in [4.78, 5) is 10.6. The van der Waals surface area contributed by atoms with Crippen LogP contribution in [0, 0.1) is 11.8 Å². The molecule has 1 unspecified atom stereocenters. The van der Waals surface area contributed by atoms with Crippen molar-refractivity contribution in [2.75, 3.05) is 0 Å². The Morgan fingerprint density at radius 1 is 1.57 bits per heavy atom. The predicted molar refractivity (Wildman–Crippen MR) is 25.8 cm³/mol. The first kappa shape index (κ1) is 3.65. The largest absolute Gasteiger partial charge is 0.299 e. The molecule has 0 aromatic heterocycles. The van der Waals surface area contributed by atoms with Gasteiger partial charge in [0.15, 0.2) is 0 Å². The summed E-state index contributed by atoms with van der Waals surface area (Å²) in [5.74, 6) is 1.91. The fourth-order valence-electron chi connectivity index (χ4n) is 1.47. The normalized spacial score (nSPS) is 46.6. The molecule has 2 aliphatic carbocycles. The molecule has 0 aromatic rings. The summed E-state index contributed by atoms with van der Waals surface area (Å²) < 4.78 is 0. The highest BCUT2D eigenvalue weighted by Crippen LogP contribution is 2.49. The Bertz CT molecular complexity index is 117. The van der Waals surface area contributed by atoms with Gasteiger partial charge in [0.2, 0.25) is 0 Å². The van der Waals surface area contributed by atoms with E-state index in [4.69, 9.17) is 0 Å². The average molecular weight is 96.1 g/mol. The van der Waals surface area contributed by atoms with Gasteiger partial charge >= 0.3 is 0 Å². The SMILES string of the molecule is O=C1CCC2C[C@@H]12. The van der Waals surface area contributed by atoms with E-state index in [-0.39, 0.29) is 0 Å². The third kappa shape index (κ3) is 0.355. The van der Waals surface area contributed by atoms with Gasteiger partial charge in [0.25, 0.3) is 0 Å². The zero-order chi connectivity index (χ0) is 4.85. The van der Waals surface area contributed by atoms with Gasteiger partial charge in [-0.15, -0.1) is 0 Å². The fourth-order valence-corrected chi connectivity index (χ4v) is 1.47. The molecule has 1 heteroatoms. The van der Waals surface area contributed by atoms with Crippen LogP contribution in [0.3, 0.4) is 0 Å². The van der Waals surface area contributed by atoms with Gasteiger partial charge in [-0.2, -0.15) is 0 Å². The van der Waals surface area contributed by atoms with E-state index in [0.29, 0.717) is 11.7 Å². The van der Waals surface area contributed by atoms with Crippen LogP contribution in [-0.4, -0.2) is 5.78 Å². The van der Waals surface area contributed by atoms with E-state index >= 15 is 0 Å². The second-order valence-corrected chi connectivity index (χ2v) is 2.61. The zero-order valence-corrected chi connectivity index (χ0v) is 4.18. The lowest BCUT2D eigenvalue weighted by molar-refractivity contribution is -0.119. The molecule has 7 heavy (non-hydrogen) atoms. The maximum atomic E-state index is 10.6. The van der Waals surface area contributed by atoms with Crippen molar-refractivity contribution in [3.05, 3.63) is 0 Å². The average Bonchev–Trinajstić information content (AvgIpc) is 2.33. The standard InChI is InChI=1S/C6H8O/c7-6-2-1-4-3-5(4)6/h4-5H,1-3H2/t4?,5-/m1/s1. The topological polar surface area (TPSA) is 17.1 Å². The molecule has 0 bridgehead atoms. The number of carbonyl (C=O) groups is 1. The summed E-state index contributed by atoms with van der Waals surface area (Å²) in [5.41, 5.74) is 0. The molecule has 2 rings (SSSR count). The summed E-state index contributed by atoms with van der Waals surface area (Å²) in [6.07, 6.45) is 3.30. The molecule has 0 aliphatic heterocycles. The Balaban J connectivity index is 2.21. The van der Waals surface area contributed by atoms with E-state index in [0.717, 1.165) is 12.3 Å². The second kappa shape index (κ2) is 0.908. The van der Waals surface area contributed by atoms with E-state index in [1.54, 1.807) is 0 Å². The Labute approximate surface area is 42.7 Å². The number of ketones is 1. The van der Waals surface area contributed by atoms with Gasteiger partial charge in [-0.3, -0.25) is 4.79 Å². The molecule has 0 radical (unpaired) electrons. The molecule has 38 valence electrons. The molecule has 0 heterocycles. The number of hydrogen-bond acceptors (Lipinski definition) is 1. The van der Waals surface area contributed by atoms with Gasteiger partial charge in [-0.25, -0.2) is 0 Å². The molecule has 0 N–H and O–H groups in total. The van der Waals surface area contributed by atoms with Crippen LogP contribution in [0.15, 0.2) is 0 Å². The molecule has 1 nitrogen and oxygen atoms in total. The lowest BCUT2D eigenvalue weighted by Gasteiger charge is -1.82. The van der Waals surface area contributed by atoms with Gasteiger partial charge in [-0.05, 0) is 18.8 Å². The quantitative estimate of drug-likeness (QED) is 0.439. The molecule has 2 saturated carbocycles. The summed E-state index contributed by atoms with van der Waals surface area (Å²) in [6, 6.07) is 0. The number of rotatable bonds is 0. The molecule has 0 aromatic carbocycles. The van der Waals surface area contributed by atoms with Crippen molar-refractivity contribution in [3.63, 3.8) is 0 Å². The molecule has 2 atom stereocenters. The van der Waals surface area contributed by atoms with Crippen molar-refractivity contribution in [1.82, 2.24) is 0 Å². The molecule has 2 fully saturated rings.